The molecule has 0 spiro atoms. The summed E-state index contributed by atoms with van der Waals surface area (Å²) in [4.78, 5) is 17.2. The van der Waals surface area contributed by atoms with Gasteiger partial charge in [0.1, 0.15) is 19.5 Å². The van der Waals surface area contributed by atoms with Crippen molar-refractivity contribution in [1.29, 1.82) is 0 Å². The third-order valence-electron chi connectivity index (χ3n) is 3.75. The molecule has 0 saturated carbocycles. The fraction of sp³-hybridized carbons (Fsp3) is 0.375. The summed E-state index contributed by atoms with van der Waals surface area (Å²) in [5.41, 5.74) is 0.977. The van der Waals surface area contributed by atoms with Gasteiger partial charge in [-0.05, 0) is 6.26 Å². The molecule has 1 aromatic heterocycles. The number of carbonyl (C=O) groups excluding carboxylic acids is 1. The summed E-state index contributed by atoms with van der Waals surface area (Å²) in [5, 5.41) is 0. The number of hydrogen-bond acceptors (Lipinski definition) is 7. The van der Waals surface area contributed by atoms with Gasteiger partial charge >= 0.3 is 5.91 Å². The molecule has 0 N–H and O–H groups in total. The maximum atomic E-state index is 12.4. The van der Waals surface area contributed by atoms with Gasteiger partial charge in [-0.15, -0.1) is 0 Å². The molecule has 2 aromatic rings. The van der Waals surface area contributed by atoms with Gasteiger partial charge in [-0.3, -0.25) is 4.79 Å². The maximum Gasteiger partial charge on any atom is 0.317 e. The fourth-order valence-electron chi connectivity index (χ4n) is 2.57. The first kappa shape index (κ1) is 16.3. The number of carbonyl (C=O) groups is 1. The van der Waals surface area contributed by atoms with Crippen LogP contribution in [0.4, 0.5) is 0 Å². The van der Waals surface area contributed by atoms with E-state index >= 15 is 0 Å². The summed E-state index contributed by atoms with van der Waals surface area (Å²) >= 11 is 3.17. The molecule has 4 rings (SSSR count). The normalized spacial score (nSPS) is 16.5. The van der Waals surface area contributed by atoms with Crippen LogP contribution in [0.5, 0.6) is 11.5 Å². The van der Waals surface area contributed by atoms with E-state index in [1.807, 2.05) is 23.0 Å². The van der Waals surface area contributed by atoms with Crippen LogP contribution >= 0.6 is 23.1 Å². The zero-order chi connectivity index (χ0) is 17.2. The molecule has 2 aliphatic rings. The van der Waals surface area contributed by atoms with Gasteiger partial charge in [0, 0.05) is 24.4 Å². The van der Waals surface area contributed by atoms with Gasteiger partial charge in [0.25, 0.3) is 0 Å². The number of hydrogen-bond donors (Lipinski definition) is 0. The molecule has 1 aromatic carbocycles. The average molecular weight is 380 g/mol. The first-order chi connectivity index (χ1) is 12.3. The van der Waals surface area contributed by atoms with Gasteiger partial charge in [-0.1, -0.05) is 11.3 Å². The molecule has 0 fully saturated rings. The van der Waals surface area contributed by atoms with Crippen molar-refractivity contribution in [3.8, 4) is 11.5 Å². The first-order valence-electron chi connectivity index (χ1n) is 7.72. The van der Waals surface area contributed by atoms with E-state index < -0.39 is 5.91 Å². The highest BCUT2D eigenvalue weighted by Crippen LogP contribution is 2.37. The maximum absolute atomic E-state index is 12.4. The smallest absolute Gasteiger partial charge is 0.317 e. The first-order valence-corrected chi connectivity index (χ1v) is 9.93. The van der Waals surface area contributed by atoms with Crippen LogP contribution in [-0.4, -0.2) is 42.5 Å². The molecule has 2 aliphatic heterocycles. The lowest BCUT2D eigenvalue weighted by Crippen LogP contribution is -2.20. The predicted octanol–water partition coefficient (Wildman–Crippen LogP) is 2.11. The number of ether oxygens (including phenoxy) is 4. The van der Waals surface area contributed by atoms with E-state index in [0.29, 0.717) is 23.8 Å². The zero-order valence-corrected chi connectivity index (χ0v) is 15.2. The Morgan fingerprint density at radius 1 is 1.28 bits per heavy atom. The molecular weight excluding hydrogens is 364 g/mol. The Kier molecular flexibility index (Phi) is 4.58. The van der Waals surface area contributed by atoms with Crippen LogP contribution in [0, 0.1) is 0 Å². The molecule has 9 heteroatoms. The quantitative estimate of drug-likeness (QED) is 0.809. The van der Waals surface area contributed by atoms with Crippen LogP contribution in [0.1, 0.15) is 0 Å². The van der Waals surface area contributed by atoms with Crippen LogP contribution in [0.25, 0.3) is 10.2 Å². The number of thioether (sulfide) groups is 1. The van der Waals surface area contributed by atoms with E-state index in [-0.39, 0.29) is 12.6 Å². The lowest BCUT2D eigenvalue weighted by molar-refractivity contribution is -0.119. The number of rotatable bonds is 4. The fourth-order valence-corrected chi connectivity index (χ4v) is 4.00. The Morgan fingerprint density at radius 2 is 2.12 bits per heavy atom. The number of aromatic nitrogens is 1. The molecule has 7 nitrogen and oxygen atoms in total. The highest BCUT2D eigenvalue weighted by Gasteiger charge is 2.19. The molecule has 132 valence electrons. The van der Waals surface area contributed by atoms with Crippen LogP contribution < -0.4 is 14.3 Å². The van der Waals surface area contributed by atoms with Crippen molar-refractivity contribution in [2.24, 2.45) is 4.99 Å². The van der Waals surface area contributed by atoms with Gasteiger partial charge in [0.05, 0.1) is 10.2 Å². The second kappa shape index (κ2) is 7.01. The van der Waals surface area contributed by atoms with Crippen LogP contribution in [-0.2, 0) is 20.8 Å². The summed E-state index contributed by atoms with van der Waals surface area (Å²) in [7, 11) is 0. The molecule has 0 saturated heterocycles. The van der Waals surface area contributed by atoms with Crippen molar-refractivity contribution in [3.63, 3.8) is 0 Å². The average Bonchev–Trinajstić information content (AvgIpc) is 3.22. The van der Waals surface area contributed by atoms with E-state index in [1.165, 1.54) is 17.6 Å². The van der Waals surface area contributed by atoms with Crippen LogP contribution in [0.15, 0.2) is 29.1 Å². The Hall–Kier alpha value is -2.13. The minimum atomic E-state index is -0.441. The SMILES string of the molecule is CSCCn1c(=NC(=O)C2=COCCO2)sc2cc3c(cc21)OCO3. The van der Waals surface area contributed by atoms with Crippen LogP contribution in [0.3, 0.4) is 0 Å². The Bertz CT molecular complexity index is 915. The Morgan fingerprint density at radius 3 is 2.88 bits per heavy atom. The van der Waals surface area contributed by atoms with Gasteiger partial charge < -0.3 is 23.5 Å². The van der Waals surface area contributed by atoms with E-state index in [9.17, 15) is 4.79 Å². The summed E-state index contributed by atoms with van der Waals surface area (Å²) in [6.45, 7) is 1.77. The molecule has 0 bridgehead atoms. The Balaban J connectivity index is 1.80. The van der Waals surface area contributed by atoms with Crippen molar-refractivity contribution in [2.75, 3.05) is 32.0 Å². The lowest BCUT2D eigenvalue weighted by atomic mass is 10.3. The van der Waals surface area contributed by atoms with Gasteiger partial charge in [0.2, 0.25) is 12.6 Å². The summed E-state index contributed by atoms with van der Waals surface area (Å²) in [6.07, 6.45) is 3.37. The number of fused-ring (bicyclic) bond motifs is 2. The van der Waals surface area contributed by atoms with Crippen LogP contribution in [0.2, 0.25) is 0 Å². The van der Waals surface area contributed by atoms with Crippen molar-refractivity contribution < 1.29 is 23.7 Å². The molecule has 0 unspecified atom stereocenters. The second-order valence-electron chi connectivity index (χ2n) is 5.32. The number of thiazole rings is 1. The minimum Gasteiger partial charge on any atom is -0.494 e. The third-order valence-corrected chi connectivity index (χ3v) is 5.39. The predicted molar refractivity (Wildman–Crippen MR) is 94.9 cm³/mol. The standard InChI is InChI=1S/C16H16N2O5S2/c1-24-5-2-18-10-6-11-12(23-9-22-11)7-14(10)25-16(18)17-15(19)13-8-20-3-4-21-13/h6-8H,2-5,9H2,1H3. The van der Waals surface area contributed by atoms with Crippen molar-refractivity contribution in [1.82, 2.24) is 4.57 Å². The molecular formula is C16H16N2O5S2. The summed E-state index contributed by atoms with van der Waals surface area (Å²) in [6, 6.07) is 3.87. The zero-order valence-electron chi connectivity index (χ0n) is 13.5. The highest BCUT2D eigenvalue weighted by atomic mass is 32.2. The monoisotopic (exact) mass is 380 g/mol. The molecule has 3 heterocycles. The highest BCUT2D eigenvalue weighted by molar-refractivity contribution is 7.98. The van der Waals surface area contributed by atoms with Crippen molar-refractivity contribution in [2.45, 2.75) is 6.54 Å². The second-order valence-corrected chi connectivity index (χ2v) is 7.32. The molecule has 0 radical (unpaired) electrons. The third kappa shape index (κ3) is 3.21. The summed E-state index contributed by atoms with van der Waals surface area (Å²) in [5.74, 6) is 2.03. The van der Waals surface area contributed by atoms with E-state index in [4.69, 9.17) is 18.9 Å². The van der Waals surface area contributed by atoms with Gasteiger partial charge in [-0.25, -0.2) is 0 Å². The molecule has 1 amide bonds. The van der Waals surface area contributed by atoms with Crippen molar-refractivity contribution in [3.05, 3.63) is 29.0 Å². The molecule has 25 heavy (non-hydrogen) atoms. The lowest BCUT2D eigenvalue weighted by Gasteiger charge is -2.12. The molecule has 0 atom stereocenters. The van der Waals surface area contributed by atoms with E-state index in [2.05, 4.69) is 4.99 Å². The minimum absolute atomic E-state index is 0.134. The van der Waals surface area contributed by atoms with Gasteiger partial charge in [-0.2, -0.15) is 16.8 Å². The van der Waals surface area contributed by atoms with Gasteiger partial charge in [0.15, 0.2) is 16.3 Å². The number of amides is 1. The van der Waals surface area contributed by atoms with Crippen molar-refractivity contribution >= 4 is 39.2 Å². The number of aryl methyl sites for hydroxylation is 1. The number of benzene rings is 1. The topological polar surface area (TPSA) is 71.3 Å². The molecule has 0 aliphatic carbocycles. The largest absolute Gasteiger partial charge is 0.494 e. The summed E-state index contributed by atoms with van der Waals surface area (Å²) < 4.78 is 24.4. The van der Waals surface area contributed by atoms with E-state index in [0.717, 1.165) is 28.3 Å². The van der Waals surface area contributed by atoms with E-state index in [1.54, 1.807) is 11.8 Å². The number of nitrogens with zero attached hydrogens (tertiary/aromatic N) is 2. The Labute approximate surface area is 151 Å².